The Bertz CT molecular complexity index is 618. The fourth-order valence-electron chi connectivity index (χ4n) is 1.64. The van der Waals surface area contributed by atoms with Crippen molar-refractivity contribution < 1.29 is 4.79 Å². The molecule has 0 fully saturated rings. The monoisotopic (exact) mass is 218 g/mol. The van der Waals surface area contributed by atoms with E-state index in [0.717, 1.165) is 11.2 Å². The summed E-state index contributed by atoms with van der Waals surface area (Å²) < 4.78 is 2.48. The van der Waals surface area contributed by atoms with Gasteiger partial charge in [-0.2, -0.15) is 0 Å². The fourth-order valence-corrected chi connectivity index (χ4v) is 3.34. The Morgan fingerprint density at radius 3 is 2.79 bits per heavy atom. The van der Waals surface area contributed by atoms with Gasteiger partial charge in [-0.3, -0.25) is 4.79 Å². The molecule has 0 aliphatic carbocycles. The van der Waals surface area contributed by atoms with Gasteiger partial charge in [-0.05, 0) is 29.6 Å². The average molecular weight is 218 g/mol. The van der Waals surface area contributed by atoms with Crippen molar-refractivity contribution >= 4 is 49.1 Å². The molecule has 3 rings (SSSR count). The van der Waals surface area contributed by atoms with Crippen molar-refractivity contribution in [2.24, 2.45) is 0 Å². The van der Waals surface area contributed by atoms with Crippen LogP contribution in [0.4, 0.5) is 0 Å². The minimum Gasteiger partial charge on any atom is -0.297 e. The summed E-state index contributed by atoms with van der Waals surface area (Å²) in [4.78, 5) is 11.5. The second kappa shape index (κ2) is 2.90. The van der Waals surface area contributed by atoms with Crippen molar-refractivity contribution in [3.05, 3.63) is 34.5 Å². The predicted molar refractivity (Wildman–Crippen MR) is 62.6 cm³/mol. The predicted octanol–water partition coefficient (Wildman–Crippen LogP) is 3.93. The van der Waals surface area contributed by atoms with Crippen molar-refractivity contribution in [3.8, 4) is 0 Å². The van der Waals surface area contributed by atoms with Gasteiger partial charge in [0.15, 0.2) is 6.29 Å². The number of aldehydes is 1. The number of fused-ring (bicyclic) bond motifs is 3. The summed E-state index contributed by atoms with van der Waals surface area (Å²) in [6, 6.07) is 8.30. The van der Waals surface area contributed by atoms with Gasteiger partial charge in [0.05, 0.1) is 4.88 Å². The van der Waals surface area contributed by atoms with E-state index in [1.54, 1.807) is 22.7 Å². The molecule has 0 spiro atoms. The van der Waals surface area contributed by atoms with Crippen LogP contribution in [-0.2, 0) is 0 Å². The SMILES string of the molecule is O=Cc1cc2c(ccc3sccc32)s1. The first-order chi connectivity index (χ1) is 6.88. The maximum Gasteiger partial charge on any atom is 0.160 e. The minimum absolute atomic E-state index is 0.804. The molecule has 3 aromatic rings. The summed E-state index contributed by atoms with van der Waals surface area (Å²) >= 11 is 3.29. The average Bonchev–Trinajstić information content (AvgIpc) is 2.82. The minimum atomic E-state index is 0.804. The summed E-state index contributed by atoms with van der Waals surface area (Å²) in [5, 5.41) is 4.55. The number of benzene rings is 1. The lowest BCUT2D eigenvalue weighted by molar-refractivity contribution is 0.112. The first-order valence-electron chi connectivity index (χ1n) is 4.23. The van der Waals surface area contributed by atoms with Crippen LogP contribution in [0.2, 0.25) is 0 Å². The highest BCUT2D eigenvalue weighted by Crippen LogP contribution is 2.33. The Morgan fingerprint density at radius 1 is 1.07 bits per heavy atom. The Labute approximate surface area is 88.6 Å². The maximum atomic E-state index is 10.7. The van der Waals surface area contributed by atoms with Crippen LogP contribution in [0.3, 0.4) is 0 Å². The van der Waals surface area contributed by atoms with Gasteiger partial charge in [0, 0.05) is 20.2 Å². The molecular weight excluding hydrogens is 212 g/mol. The second-order valence-electron chi connectivity index (χ2n) is 3.08. The normalized spacial score (nSPS) is 11.1. The van der Waals surface area contributed by atoms with Crippen LogP contribution in [0.15, 0.2) is 29.6 Å². The van der Waals surface area contributed by atoms with Crippen molar-refractivity contribution in [2.45, 2.75) is 0 Å². The molecule has 2 heterocycles. The molecule has 0 bridgehead atoms. The largest absolute Gasteiger partial charge is 0.297 e. The molecule has 1 nitrogen and oxygen atoms in total. The first kappa shape index (κ1) is 8.15. The number of carbonyl (C=O) groups is 1. The van der Waals surface area contributed by atoms with Gasteiger partial charge in [-0.25, -0.2) is 0 Å². The molecule has 0 N–H and O–H groups in total. The van der Waals surface area contributed by atoms with Crippen molar-refractivity contribution in [2.75, 3.05) is 0 Å². The van der Waals surface area contributed by atoms with E-state index in [0.29, 0.717) is 0 Å². The van der Waals surface area contributed by atoms with E-state index in [4.69, 9.17) is 0 Å². The Balaban J connectivity index is 2.54. The number of hydrogen-bond acceptors (Lipinski definition) is 3. The molecule has 0 radical (unpaired) electrons. The lowest BCUT2D eigenvalue weighted by Crippen LogP contribution is -1.65. The summed E-state index contributed by atoms with van der Waals surface area (Å²) in [6.45, 7) is 0. The van der Waals surface area contributed by atoms with Crippen molar-refractivity contribution in [1.82, 2.24) is 0 Å². The third-order valence-electron chi connectivity index (χ3n) is 2.27. The topological polar surface area (TPSA) is 17.1 Å². The van der Waals surface area contributed by atoms with E-state index < -0.39 is 0 Å². The van der Waals surface area contributed by atoms with E-state index >= 15 is 0 Å². The highest BCUT2D eigenvalue weighted by Gasteiger charge is 2.05. The Morgan fingerprint density at radius 2 is 1.93 bits per heavy atom. The van der Waals surface area contributed by atoms with Gasteiger partial charge < -0.3 is 0 Å². The van der Waals surface area contributed by atoms with Gasteiger partial charge in [-0.15, -0.1) is 22.7 Å². The van der Waals surface area contributed by atoms with E-state index in [1.165, 1.54) is 20.2 Å². The third-order valence-corrected chi connectivity index (χ3v) is 4.18. The van der Waals surface area contributed by atoms with Gasteiger partial charge in [-0.1, -0.05) is 0 Å². The zero-order chi connectivity index (χ0) is 9.54. The molecule has 0 saturated heterocycles. The zero-order valence-corrected chi connectivity index (χ0v) is 8.82. The Hall–Kier alpha value is -1.19. The second-order valence-corrected chi connectivity index (χ2v) is 5.14. The van der Waals surface area contributed by atoms with E-state index in [-0.39, 0.29) is 0 Å². The summed E-state index contributed by atoms with van der Waals surface area (Å²) in [6.07, 6.45) is 0.920. The van der Waals surface area contributed by atoms with Gasteiger partial charge in [0.1, 0.15) is 0 Å². The number of hydrogen-bond donors (Lipinski definition) is 0. The lowest BCUT2D eigenvalue weighted by atomic mass is 10.2. The maximum absolute atomic E-state index is 10.7. The smallest absolute Gasteiger partial charge is 0.160 e. The van der Waals surface area contributed by atoms with Gasteiger partial charge in [0.2, 0.25) is 0 Å². The third kappa shape index (κ3) is 1.03. The van der Waals surface area contributed by atoms with Gasteiger partial charge >= 0.3 is 0 Å². The highest BCUT2D eigenvalue weighted by atomic mass is 32.1. The summed E-state index contributed by atoms with van der Waals surface area (Å²) in [5.74, 6) is 0. The van der Waals surface area contributed by atoms with Gasteiger partial charge in [0.25, 0.3) is 0 Å². The van der Waals surface area contributed by atoms with Crippen LogP contribution in [-0.4, -0.2) is 6.29 Å². The first-order valence-corrected chi connectivity index (χ1v) is 5.93. The molecular formula is C11H6OS2. The summed E-state index contributed by atoms with van der Waals surface area (Å²) in [7, 11) is 0. The molecule has 0 saturated carbocycles. The molecule has 2 aromatic heterocycles. The van der Waals surface area contributed by atoms with Crippen molar-refractivity contribution in [3.63, 3.8) is 0 Å². The van der Waals surface area contributed by atoms with Crippen LogP contribution in [0, 0.1) is 0 Å². The van der Waals surface area contributed by atoms with Crippen LogP contribution in [0.1, 0.15) is 9.67 Å². The molecule has 68 valence electrons. The number of rotatable bonds is 1. The molecule has 0 amide bonds. The van der Waals surface area contributed by atoms with E-state index in [9.17, 15) is 4.79 Å². The molecule has 1 aromatic carbocycles. The standard InChI is InChI=1S/C11H6OS2/c12-6-7-5-9-8-3-4-13-10(8)1-2-11(9)14-7/h1-6H. The molecule has 0 aliphatic heterocycles. The Kier molecular flexibility index (Phi) is 1.69. The molecule has 3 heteroatoms. The number of thiophene rings is 2. The van der Waals surface area contributed by atoms with Crippen LogP contribution >= 0.6 is 22.7 Å². The molecule has 0 unspecified atom stereocenters. The van der Waals surface area contributed by atoms with E-state index in [2.05, 4.69) is 23.6 Å². The summed E-state index contributed by atoms with van der Waals surface area (Å²) in [5.41, 5.74) is 0. The molecule has 0 aliphatic rings. The van der Waals surface area contributed by atoms with Crippen molar-refractivity contribution in [1.29, 1.82) is 0 Å². The fraction of sp³-hybridized carbons (Fsp3) is 0. The zero-order valence-electron chi connectivity index (χ0n) is 7.19. The van der Waals surface area contributed by atoms with Crippen LogP contribution in [0.5, 0.6) is 0 Å². The van der Waals surface area contributed by atoms with Crippen LogP contribution < -0.4 is 0 Å². The lowest BCUT2D eigenvalue weighted by Gasteiger charge is -1.90. The molecule has 14 heavy (non-hydrogen) atoms. The number of carbonyl (C=O) groups excluding carboxylic acids is 1. The quantitative estimate of drug-likeness (QED) is 0.566. The van der Waals surface area contributed by atoms with Crippen LogP contribution in [0.25, 0.3) is 20.2 Å². The molecule has 0 atom stereocenters. The highest BCUT2D eigenvalue weighted by molar-refractivity contribution is 7.21. The van der Waals surface area contributed by atoms with E-state index in [1.807, 2.05) is 6.07 Å².